The summed E-state index contributed by atoms with van der Waals surface area (Å²) in [7, 11) is 0. The summed E-state index contributed by atoms with van der Waals surface area (Å²) in [5, 5.41) is 29.3. The van der Waals surface area contributed by atoms with Gasteiger partial charge < -0.3 is 33.0 Å². The van der Waals surface area contributed by atoms with Gasteiger partial charge in [0.2, 0.25) is 5.91 Å². The number of carbonyl (C=O) groups is 1. The summed E-state index contributed by atoms with van der Waals surface area (Å²) in [4.78, 5) is 11.3. The van der Waals surface area contributed by atoms with Crippen molar-refractivity contribution in [3.05, 3.63) is 0 Å². The topological polar surface area (TPSA) is 89.8 Å². The zero-order valence-corrected chi connectivity index (χ0v) is 12.8. The van der Waals surface area contributed by atoms with Crippen LogP contribution in [0.3, 0.4) is 0 Å². The maximum atomic E-state index is 11.3. The quantitative estimate of drug-likeness (QED) is 0.283. The molecule has 0 aromatic carbocycles. The van der Waals surface area contributed by atoms with Gasteiger partial charge in [-0.25, -0.2) is 0 Å². The molecule has 0 aromatic heterocycles. The van der Waals surface area contributed by atoms with E-state index in [0.29, 0.717) is 13.0 Å². The first-order chi connectivity index (χ1) is 6.45. The third kappa shape index (κ3) is 7.84. The molecule has 1 atom stereocenters. The molecular formula is C9H19ClNNaO4. The minimum atomic E-state index is -1.23. The predicted molar refractivity (Wildman–Crippen MR) is 51.6 cm³/mol. The van der Waals surface area contributed by atoms with E-state index in [4.69, 9.17) is 10.2 Å². The summed E-state index contributed by atoms with van der Waals surface area (Å²) in [6, 6.07) is 0. The van der Waals surface area contributed by atoms with Gasteiger partial charge in [0.1, 0.15) is 6.10 Å². The van der Waals surface area contributed by atoms with Crippen molar-refractivity contribution in [2.24, 2.45) is 5.41 Å². The van der Waals surface area contributed by atoms with Crippen molar-refractivity contribution >= 4 is 5.91 Å². The van der Waals surface area contributed by atoms with E-state index < -0.39 is 17.4 Å². The predicted octanol–water partition coefficient (Wildman–Crippen LogP) is -7.13. The molecule has 0 radical (unpaired) electrons. The molecule has 7 heteroatoms. The van der Waals surface area contributed by atoms with Gasteiger partial charge >= 0.3 is 29.6 Å². The SMILES string of the molecule is CC(C)(CO)C(O)C(=O)NCCCO.[Cl-].[Na+]. The van der Waals surface area contributed by atoms with E-state index in [1.807, 2.05) is 0 Å². The van der Waals surface area contributed by atoms with Crippen LogP contribution < -0.4 is 47.3 Å². The van der Waals surface area contributed by atoms with Crippen LogP contribution in [0, 0.1) is 5.41 Å². The van der Waals surface area contributed by atoms with E-state index in [0.717, 1.165) is 0 Å². The summed E-state index contributed by atoms with van der Waals surface area (Å²) >= 11 is 0. The largest absolute Gasteiger partial charge is 1.00 e. The summed E-state index contributed by atoms with van der Waals surface area (Å²) in [6.45, 7) is 3.27. The Morgan fingerprint density at radius 2 is 1.88 bits per heavy atom. The van der Waals surface area contributed by atoms with Crippen LogP contribution in [0.25, 0.3) is 0 Å². The third-order valence-electron chi connectivity index (χ3n) is 2.03. The molecule has 0 rings (SSSR count). The minimum absolute atomic E-state index is 0. The molecule has 1 amide bonds. The molecule has 0 saturated heterocycles. The Kier molecular flexibility index (Phi) is 14.7. The molecule has 92 valence electrons. The average molecular weight is 264 g/mol. The molecular weight excluding hydrogens is 245 g/mol. The number of hydrogen-bond donors (Lipinski definition) is 4. The molecule has 0 aromatic rings. The fraction of sp³-hybridized carbons (Fsp3) is 0.889. The number of rotatable bonds is 6. The van der Waals surface area contributed by atoms with Crippen LogP contribution >= 0.6 is 0 Å². The Morgan fingerprint density at radius 3 is 2.25 bits per heavy atom. The van der Waals surface area contributed by atoms with Crippen molar-refractivity contribution in [3.63, 3.8) is 0 Å². The molecule has 16 heavy (non-hydrogen) atoms. The zero-order chi connectivity index (χ0) is 11.2. The number of hydrogen-bond acceptors (Lipinski definition) is 4. The standard InChI is InChI=1S/C9H19NO4.ClH.Na/c1-9(2,6-12)7(13)8(14)10-4-3-5-11;;/h7,11-13H,3-6H2,1-2H3,(H,10,14);1H;/q;;+1/p-1. The smallest absolute Gasteiger partial charge is 1.00 e. The summed E-state index contributed by atoms with van der Waals surface area (Å²) in [6.07, 6.45) is -0.774. The number of halogens is 1. The van der Waals surface area contributed by atoms with Crippen molar-refractivity contribution in [3.8, 4) is 0 Å². The Morgan fingerprint density at radius 1 is 1.38 bits per heavy atom. The van der Waals surface area contributed by atoms with Crippen molar-refractivity contribution in [1.82, 2.24) is 5.32 Å². The Labute approximate surface area is 124 Å². The van der Waals surface area contributed by atoms with E-state index in [9.17, 15) is 9.90 Å². The number of aliphatic hydroxyl groups excluding tert-OH is 3. The first-order valence-electron chi connectivity index (χ1n) is 4.63. The molecule has 0 spiro atoms. The normalized spacial score (nSPS) is 12.1. The van der Waals surface area contributed by atoms with E-state index in [1.54, 1.807) is 13.8 Å². The summed E-state index contributed by atoms with van der Waals surface area (Å²) in [5.74, 6) is -0.516. The number of aliphatic hydroxyl groups is 3. The number of nitrogens with one attached hydrogen (secondary N) is 1. The molecule has 0 aliphatic carbocycles. The molecule has 1 unspecified atom stereocenters. The minimum Gasteiger partial charge on any atom is -1.00 e. The van der Waals surface area contributed by atoms with Crippen LogP contribution in [0.5, 0.6) is 0 Å². The summed E-state index contributed by atoms with van der Waals surface area (Å²) < 4.78 is 0. The van der Waals surface area contributed by atoms with Crippen molar-refractivity contribution in [2.45, 2.75) is 26.4 Å². The molecule has 0 bridgehead atoms. The van der Waals surface area contributed by atoms with Gasteiger partial charge in [-0.3, -0.25) is 4.79 Å². The molecule has 0 saturated carbocycles. The van der Waals surface area contributed by atoms with Crippen LogP contribution in [0.4, 0.5) is 0 Å². The van der Waals surface area contributed by atoms with Gasteiger partial charge in [-0.05, 0) is 6.42 Å². The van der Waals surface area contributed by atoms with Crippen molar-refractivity contribution in [1.29, 1.82) is 0 Å². The molecule has 0 fully saturated rings. The van der Waals surface area contributed by atoms with Gasteiger partial charge in [-0.1, -0.05) is 13.8 Å². The Hall–Kier alpha value is 0.640. The Bertz CT molecular complexity index is 192. The first kappa shape index (κ1) is 21.9. The van der Waals surface area contributed by atoms with Crippen LogP contribution in [0.15, 0.2) is 0 Å². The van der Waals surface area contributed by atoms with E-state index in [-0.39, 0.29) is 55.2 Å². The summed E-state index contributed by atoms with van der Waals surface area (Å²) in [5.41, 5.74) is -0.844. The van der Waals surface area contributed by atoms with E-state index in [2.05, 4.69) is 5.32 Å². The van der Waals surface area contributed by atoms with Gasteiger partial charge in [-0.15, -0.1) is 0 Å². The number of amides is 1. The Balaban J connectivity index is -0.000000845. The van der Waals surface area contributed by atoms with Crippen molar-refractivity contribution < 1.29 is 62.1 Å². The van der Waals surface area contributed by atoms with Gasteiger partial charge in [-0.2, -0.15) is 0 Å². The maximum Gasteiger partial charge on any atom is 1.00 e. The van der Waals surface area contributed by atoms with Gasteiger partial charge in [0, 0.05) is 18.6 Å². The van der Waals surface area contributed by atoms with Gasteiger partial charge in [0.05, 0.1) is 6.61 Å². The van der Waals surface area contributed by atoms with Crippen LogP contribution in [-0.4, -0.2) is 47.1 Å². The van der Waals surface area contributed by atoms with Crippen LogP contribution in [-0.2, 0) is 4.79 Å². The fourth-order valence-corrected chi connectivity index (χ4v) is 0.829. The van der Waals surface area contributed by atoms with E-state index in [1.165, 1.54) is 0 Å². The average Bonchev–Trinajstić information content (AvgIpc) is 2.17. The monoisotopic (exact) mass is 263 g/mol. The third-order valence-corrected chi connectivity index (χ3v) is 2.03. The number of carbonyl (C=O) groups excluding carboxylic acids is 1. The second kappa shape index (κ2) is 10.8. The maximum absolute atomic E-state index is 11.3. The molecule has 4 N–H and O–H groups in total. The molecule has 5 nitrogen and oxygen atoms in total. The van der Waals surface area contributed by atoms with E-state index >= 15 is 0 Å². The van der Waals surface area contributed by atoms with Crippen molar-refractivity contribution in [2.75, 3.05) is 19.8 Å². The second-order valence-electron chi connectivity index (χ2n) is 3.92. The van der Waals surface area contributed by atoms with Crippen LogP contribution in [0.1, 0.15) is 20.3 Å². The molecule has 0 heterocycles. The fourth-order valence-electron chi connectivity index (χ4n) is 0.829. The molecule has 0 aliphatic heterocycles. The second-order valence-corrected chi connectivity index (χ2v) is 3.92. The van der Waals surface area contributed by atoms with Crippen LogP contribution in [0.2, 0.25) is 0 Å². The van der Waals surface area contributed by atoms with Gasteiger partial charge in [0.25, 0.3) is 0 Å². The zero-order valence-electron chi connectivity index (χ0n) is 10.0. The van der Waals surface area contributed by atoms with Gasteiger partial charge in [0.15, 0.2) is 0 Å². The first-order valence-corrected chi connectivity index (χ1v) is 4.63. The molecule has 0 aliphatic rings.